The van der Waals surface area contributed by atoms with Gasteiger partial charge in [0, 0.05) is 23.9 Å². The maximum absolute atomic E-state index is 6.22. The predicted molar refractivity (Wildman–Crippen MR) is 74.1 cm³/mol. The van der Waals surface area contributed by atoms with Crippen molar-refractivity contribution in [2.24, 2.45) is 5.73 Å². The van der Waals surface area contributed by atoms with Crippen molar-refractivity contribution in [2.75, 3.05) is 7.11 Å². The van der Waals surface area contributed by atoms with Crippen LogP contribution in [0.2, 0.25) is 10.0 Å². The first-order valence-corrected chi connectivity index (χ1v) is 6.10. The second-order valence-electron chi connectivity index (χ2n) is 3.68. The fourth-order valence-electron chi connectivity index (χ4n) is 1.67. The maximum atomic E-state index is 6.22. The Hall–Kier alpha value is -1.29. The van der Waals surface area contributed by atoms with Gasteiger partial charge >= 0.3 is 0 Å². The zero-order chi connectivity index (χ0) is 13.1. The third-order valence-electron chi connectivity index (χ3n) is 2.60. The molecule has 2 N–H and O–H groups in total. The second-order valence-corrected chi connectivity index (χ2v) is 4.47. The van der Waals surface area contributed by atoms with E-state index in [-0.39, 0.29) is 0 Å². The summed E-state index contributed by atoms with van der Waals surface area (Å²) in [5, 5.41) is 0.939. The molecule has 2 aromatic rings. The molecule has 0 aliphatic rings. The van der Waals surface area contributed by atoms with Crippen LogP contribution in [0.5, 0.6) is 5.75 Å². The van der Waals surface area contributed by atoms with E-state index in [1.165, 1.54) is 0 Å². The summed E-state index contributed by atoms with van der Waals surface area (Å²) in [6.07, 6.45) is 1.71. The molecule has 0 atom stereocenters. The van der Waals surface area contributed by atoms with Crippen LogP contribution in [0.25, 0.3) is 11.1 Å². The van der Waals surface area contributed by atoms with Gasteiger partial charge < -0.3 is 10.5 Å². The largest absolute Gasteiger partial charge is 0.496 e. The molecule has 1 aromatic heterocycles. The Morgan fingerprint density at radius 3 is 2.56 bits per heavy atom. The smallest absolute Gasteiger partial charge is 0.128 e. The first-order valence-electron chi connectivity index (χ1n) is 5.34. The summed E-state index contributed by atoms with van der Waals surface area (Å²) >= 11 is 12.2. The van der Waals surface area contributed by atoms with Crippen LogP contribution in [0.1, 0.15) is 5.69 Å². The molecule has 94 valence electrons. The van der Waals surface area contributed by atoms with Gasteiger partial charge in [-0.2, -0.15) is 0 Å². The van der Waals surface area contributed by atoms with E-state index in [9.17, 15) is 0 Å². The van der Waals surface area contributed by atoms with E-state index >= 15 is 0 Å². The SMILES string of the molecule is COc1ccc(Cl)c(Cl)c1-c1ccc(CN)nc1. The number of hydrogen-bond acceptors (Lipinski definition) is 3. The molecule has 18 heavy (non-hydrogen) atoms. The molecule has 0 saturated carbocycles. The first-order chi connectivity index (χ1) is 8.67. The summed E-state index contributed by atoms with van der Waals surface area (Å²) in [7, 11) is 1.59. The number of halogens is 2. The van der Waals surface area contributed by atoms with Crippen molar-refractivity contribution in [1.82, 2.24) is 4.98 Å². The van der Waals surface area contributed by atoms with Gasteiger partial charge in [-0.3, -0.25) is 4.98 Å². The third-order valence-corrected chi connectivity index (χ3v) is 3.40. The van der Waals surface area contributed by atoms with Crippen molar-refractivity contribution >= 4 is 23.2 Å². The number of pyridine rings is 1. The van der Waals surface area contributed by atoms with Gasteiger partial charge in [-0.15, -0.1) is 0 Å². The van der Waals surface area contributed by atoms with Gasteiger partial charge in [-0.25, -0.2) is 0 Å². The van der Waals surface area contributed by atoms with E-state index in [2.05, 4.69) is 4.98 Å². The molecule has 0 fully saturated rings. The molecule has 0 aliphatic carbocycles. The van der Waals surface area contributed by atoms with E-state index < -0.39 is 0 Å². The summed E-state index contributed by atoms with van der Waals surface area (Å²) in [5.41, 5.74) is 7.91. The van der Waals surface area contributed by atoms with E-state index in [4.69, 9.17) is 33.7 Å². The highest BCUT2D eigenvalue weighted by molar-refractivity contribution is 6.44. The van der Waals surface area contributed by atoms with Crippen molar-refractivity contribution in [2.45, 2.75) is 6.54 Å². The summed E-state index contributed by atoms with van der Waals surface area (Å²) in [6.45, 7) is 0.403. The number of nitrogens with two attached hydrogens (primary N) is 1. The minimum Gasteiger partial charge on any atom is -0.496 e. The average molecular weight is 283 g/mol. The molecule has 1 heterocycles. The number of methoxy groups -OCH3 is 1. The lowest BCUT2D eigenvalue weighted by molar-refractivity contribution is 0.416. The summed E-state index contributed by atoms with van der Waals surface area (Å²) in [5.74, 6) is 0.659. The molecule has 5 heteroatoms. The Bertz CT molecular complexity index is 556. The van der Waals surface area contributed by atoms with Crippen LogP contribution in [0.4, 0.5) is 0 Å². The van der Waals surface area contributed by atoms with E-state index in [0.29, 0.717) is 22.3 Å². The molecular weight excluding hydrogens is 271 g/mol. The zero-order valence-electron chi connectivity index (χ0n) is 9.78. The van der Waals surface area contributed by atoms with Gasteiger partial charge in [-0.05, 0) is 18.2 Å². The van der Waals surface area contributed by atoms with Crippen molar-refractivity contribution < 1.29 is 4.74 Å². The number of ether oxygens (including phenoxy) is 1. The number of benzene rings is 1. The lowest BCUT2D eigenvalue weighted by atomic mass is 10.1. The van der Waals surface area contributed by atoms with E-state index in [0.717, 1.165) is 16.8 Å². The Morgan fingerprint density at radius 2 is 2.00 bits per heavy atom. The standard InChI is InChI=1S/C13H12Cl2N2O/c1-18-11-5-4-10(14)13(15)12(11)8-2-3-9(6-16)17-7-8/h2-5,7H,6,16H2,1H3. The molecule has 0 unspecified atom stereocenters. The van der Waals surface area contributed by atoms with Crippen LogP contribution in [0, 0.1) is 0 Å². The molecule has 0 spiro atoms. The highest BCUT2D eigenvalue weighted by Gasteiger charge is 2.13. The monoisotopic (exact) mass is 282 g/mol. The number of rotatable bonds is 3. The molecule has 0 radical (unpaired) electrons. The molecule has 0 bridgehead atoms. The zero-order valence-corrected chi connectivity index (χ0v) is 11.3. The van der Waals surface area contributed by atoms with Crippen LogP contribution in [-0.4, -0.2) is 12.1 Å². The molecule has 1 aromatic carbocycles. The van der Waals surface area contributed by atoms with Crippen LogP contribution in [0.3, 0.4) is 0 Å². The van der Waals surface area contributed by atoms with Crippen LogP contribution in [-0.2, 0) is 6.54 Å². The fraction of sp³-hybridized carbons (Fsp3) is 0.154. The van der Waals surface area contributed by atoms with Crippen LogP contribution in [0.15, 0.2) is 30.5 Å². The normalized spacial score (nSPS) is 10.4. The summed E-state index contributed by atoms with van der Waals surface area (Å²) in [4.78, 5) is 4.24. The van der Waals surface area contributed by atoms with Gasteiger partial charge in [-0.1, -0.05) is 29.3 Å². The number of nitrogens with zero attached hydrogens (tertiary/aromatic N) is 1. The second kappa shape index (κ2) is 5.57. The Kier molecular flexibility index (Phi) is 4.07. The van der Waals surface area contributed by atoms with E-state index in [1.807, 2.05) is 12.1 Å². The minimum atomic E-state index is 0.403. The van der Waals surface area contributed by atoms with Crippen LogP contribution >= 0.6 is 23.2 Å². The molecule has 0 aliphatic heterocycles. The third kappa shape index (κ3) is 2.43. The van der Waals surface area contributed by atoms with Gasteiger partial charge in [0.1, 0.15) is 5.75 Å². The number of hydrogen-bond donors (Lipinski definition) is 1. The van der Waals surface area contributed by atoms with Crippen molar-refractivity contribution in [3.05, 3.63) is 46.2 Å². The minimum absolute atomic E-state index is 0.403. The van der Waals surface area contributed by atoms with Gasteiger partial charge in [0.15, 0.2) is 0 Å². The lowest BCUT2D eigenvalue weighted by Gasteiger charge is -2.11. The topological polar surface area (TPSA) is 48.1 Å². The first kappa shape index (κ1) is 13.1. The lowest BCUT2D eigenvalue weighted by Crippen LogP contribution is -1.99. The highest BCUT2D eigenvalue weighted by atomic mass is 35.5. The van der Waals surface area contributed by atoms with Gasteiger partial charge in [0.05, 0.1) is 22.8 Å². The van der Waals surface area contributed by atoms with Crippen LogP contribution < -0.4 is 10.5 Å². The Balaban J connectivity index is 2.57. The number of aromatic nitrogens is 1. The van der Waals surface area contributed by atoms with E-state index in [1.54, 1.807) is 25.4 Å². The Labute approximate surface area is 115 Å². The quantitative estimate of drug-likeness (QED) is 0.937. The van der Waals surface area contributed by atoms with Crippen molar-refractivity contribution in [3.63, 3.8) is 0 Å². The predicted octanol–water partition coefficient (Wildman–Crippen LogP) is 3.52. The van der Waals surface area contributed by atoms with Crippen molar-refractivity contribution in [1.29, 1.82) is 0 Å². The van der Waals surface area contributed by atoms with Crippen molar-refractivity contribution in [3.8, 4) is 16.9 Å². The molecule has 0 amide bonds. The summed E-state index contributed by atoms with van der Waals surface area (Å²) < 4.78 is 5.30. The fourth-order valence-corrected chi connectivity index (χ4v) is 2.09. The van der Waals surface area contributed by atoms with Gasteiger partial charge in [0.2, 0.25) is 0 Å². The van der Waals surface area contributed by atoms with Gasteiger partial charge in [0.25, 0.3) is 0 Å². The maximum Gasteiger partial charge on any atom is 0.128 e. The molecule has 2 rings (SSSR count). The molecule has 0 saturated heterocycles. The molecular formula is C13H12Cl2N2O. The highest BCUT2D eigenvalue weighted by Crippen LogP contribution is 2.40. The average Bonchev–Trinajstić information content (AvgIpc) is 2.42. The molecule has 3 nitrogen and oxygen atoms in total. The summed E-state index contributed by atoms with van der Waals surface area (Å²) in [6, 6.07) is 7.23. The Morgan fingerprint density at radius 1 is 1.22 bits per heavy atom.